The van der Waals surface area contributed by atoms with Crippen LogP contribution in [0.5, 0.6) is 0 Å². The van der Waals surface area contributed by atoms with Gasteiger partial charge in [0.15, 0.2) is 0 Å². The lowest BCUT2D eigenvalue weighted by Gasteiger charge is -2.24. The molecule has 292 valence electrons. The van der Waals surface area contributed by atoms with Gasteiger partial charge in [-0.2, -0.15) is 0 Å². The zero-order valence-electron chi connectivity index (χ0n) is 31.1. The molecule has 1 atom stereocenters. The lowest BCUT2D eigenvalue weighted by Crippen LogP contribution is -2.45. The molecule has 0 spiro atoms. The molecular formula is C38H53N3O12. The molecule has 3 N–H and O–H groups in total. The van der Waals surface area contributed by atoms with E-state index in [-0.39, 0.29) is 96.6 Å². The molecule has 2 aromatic rings. The van der Waals surface area contributed by atoms with Crippen molar-refractivity contribution in [2.24, 2.45) is 0 Å². The van der Waals surface area contributed by atoms with E-state index >= 15 is 0 Å². The average Bonchev–Trinajstić information content (AvgIpc) is 3.44. The van der Waals surface area contributed by atoms with Gasteiger partial charge in [0.2, 0.25) is 11.8 Å². The smallest absolute Gasteiger partial charge is 0.407 e. The molecule has 0 heterocycles. The van der Waals surface area contributed by atoms with Gasteiger partial charge < -0.3 is 49.1 Å². The summed E-state index contributed by atoms with van der Waals surface area (Å²) < 4.78 is 37.0. The Balaban J connectivity index is 1.27. The zero-order valence-corrected chi connectivity index (χ0v) is 31.1. The van der Waals surface area contributed by atoms with Crippen LogP contribution in [-0.2, 0) is 52.3 Å². The number of carbonyl (C=O) groups is 5. The first-order valence-corrected chi connectivity index (χ1v) is 17.8. The molecule has 0 radical (unpaired) electrons. The molecule has 15 heteroatoms. The summed E-state index contributed by atoms with van der Waals surface area (Å²) in [5.74, 6) is -1.89. The minimum atomic E-state index is -1.10. The van der Waals surface area contributed by atoms with Crippen LogP contribution >= 0.6 is 0 Å². The van der Waals surface area contributed by atoms with Crippen LogP contribution in [-0.4, -0.2) is 121 Å². The quantitative estimate of drug-likeness (QED) is 0.0813. The summed E-state index contributed by atoms with van der Waals surface area (Å²) in [7, 11) is 0. The molecule has 2 aromatic carbocycles. The number of hydrogen-bond donors (Lipinski definition) is 3. The van der Waals surface area contributed by atoms with Gasteiger partial charge in [0.05, 0.1) is 46.2 Å². The second kappa shape index (κ2) is 23.2. The maximum Gasteiger partial charge on any atom is 0.407 e. The molecule has 15 nitrogen and oxygen atoms in total. The highest BCUT2D eigenvalue weighted by atomic mass is 16.6. The van der Waals surface area contributed by atoms with Crippen LogP contribution in [0.1, 0.15) is 57.6 Å². The van der Waals surface area contributed by atoms with Crippen molar-refractivity contribution in [3.8, 4) is 11.1 Å². The Labute approximate surface area is 310 Å². The number of alkyl carbamates (subject to hydrolysis) is 1. The zero-order chi connectivity index (χ0) is 38.5. The monoisotopic (exact) mass is 743 g/mol. The highest BCUT2D eigenvalue weighted by molar-refractivity contribution is 5.83. The van der Waals surface area contributed by atoms with Crippen LogP contribution in [0.15, 0.2) is 48.5 Å². The summed E-state index contributed by atoms with van der Waals surface area (Å²) in [6.45, 7) is 8.85. The van der Waals surface area contributed by atoms with E-state index in [0.717, 1.165) is 22.3 Å². The Kier molecular flexibility index (Phi) is 18.7. The number of nitrogens with one attached hydrogen (secondary N) is 3. The average molecular weight is 744 g/mol. The lowest BCUT2D eigenvalue weighted by molar-refractivity contribution is -0.157. The summed E-state index contributed by atoms with van der Waals surface area (Å²) in [5, 5.41) is 7.97. The van der Waals surface area contributed by atoms with Crippen molar-refractivity contribution in [2.75, 3.05) is 79.2 Å². The molecule has 0 saturated carbocycles. The maximum absolute atomic E-state index is 13.0. The van der Waals surface area contributed by atoms with Gasteiger partial charge in [-0.05, 0) is 56.4 Å². The topological polar surface area (TPSA) is 186 Å². The van der Waals surface area contributed by atoms with Gasteiger partial charge in [0, 0.05) is 25.4 Å². The molecule has 0 unspecified atom stereocenters. The second-order valence-electron chi connectivity index (χ2n) is 12.9. The molecule has 0 bridgehead atoms. The molecule has 0 fully saturated rings. The predicted octanol–water partition coefficient (Wildman–Crippen LogP) is 2.88. The molecule has 0 aromatic heterocycles. The lowest BCUT2D eigenvalue weighted by atomic mass is 9.98. The number of amides is 3. The maximum atomic E-state index is 13.0. The number of esters is 2. The fourth-order valence-electron chi connectivity index (χ4n) is 5.31. The summed E-state index contributed by atoms with van der Waals surface area (Å²) in [6.07, 6.45) is -0.837. The van der Waals surface area contributed by atoms with Crippen molar-refractivity contribution in [3.05, 3.63) is 59.7 Å². The van der Waals surface area contributed by atoms with E-state index in [1.807, 2.05) is 48.5 Å². The normalized spacial score (nSPS) is 12.6. The number of ether oxygens (including phenoxy) is 7. The second-order valence-corrected chi connectivity index (χ2v) is 12.9. The Morgan fingerprint density at radius 2 is 1.25 bits per heavy atom. The molecule has 53 heavy (non-hydrogen) atoms. The van der Waals surface area contributed by atoms with E-state index in [1.54, 1.807) is 27.7 Å². The Morgan fingerprint density at radius 3 is 1.83 bits per heavy atom. The Bertz CT molecular complexity index is 1430. The van der Waals surface area contributed by atoms with Crippen molar-refractivity contribution in [1.29, 1.82) is 0 Å². The Morgan fingerprint density at radius 1 is 0.698 bits per heavy atom. The van der Waals surface area contributed by atoms with E-state index < -0.39 is 29.7 Å². The molecule has 1 aliphatic rings. The third-order valence-corrected chi connectivity index (χ3v) is 7.63. The number of hydrogen-bond acceptors (Lipinski definition) is 12. The molecular weight excluding hydrogens is 690 g/mol. The SMILES string of the molecule is CCOC(=O)COCCOCCNC(=O)COCCOCCNC(=O)CC[C@H](NC(=O)OCC1c2ccccc2-c2ccccc21)C(=O)OC(C)(C)C. The van der Waals surface area contributed by atoms with Gasteiger partial charge in [-0.3, -0.25) is 9.59 Å². The van der Waals surface area contributed by atoms with Crippen LogP contribution in [0, 0.1) is 0 Å². The highest BCUT2D eigenvalue weighted by Gasteiger charge is 2.31. The first-order chi connectivity index (χ1) is 25.5. The van der Waals surface area contributed by atoms with Crippen molar-refractivity contribution in [2.45, 2.75) is 58.1 Å². The third-order valence-electron chi connectivity index (χ3n) is 7.63. The van der Waals surface area contributed by atoms with Crippen molar-refractivity contribution < 1.29 is 57.1 Å². The van der Waals surface area contributed by atoms with Gasteiger partial charge in [0.1, 0.15) is 31.5 Å². The molecule has 3 rings (SSSR count). The summed E-state index contributed by atoms with van der Waals surface area (Å²) in [6, 6.07) is 14.9. The van der Waals surface area contributed by atoms with Crippen LogP contribution in [0.4, 0.5) is 4.79 Å². The molecule has 1 aliphatic carbocycles. The first-order valence-electron chi connectivity index (χ1n) is 17.8. The largest absolute Gasteiger partial charge is 0.464 e. The van der Waals surface area contributed by atoms with E-state index in [2.05, 4.69) is 16.0 Å². The number of rotatable bonds is 24. The van der Waals surface area contributed by atoms with Crippen LogP contribution in [0.2, 0.25) is 0 Å². The van der Waals surface area contributed by atoms with Gasteiger partial charge in [-0.1, -0.05) is 48.5 Å². The standard InChI is InChI=1S/C38H53N3O12/c1-5-51-35(44)26-50-23-21-48-19-17-40-34(43)25-49-22-20-47-18-16-39-33(42)15-14-32(36(45)53-38(2,3)4)41-37(46)52-24-31-29-12-8-6-10-27(29)28-11-7-9-13-30(28)31/h6-13,31-32H,5,14-26H2,1-4H3,(H,39,42)(H,40,43)(H,41,46)/t32-/m0/s1. The first kappa shape index (κ1) is 42.8. The number of fused-ring (bicyclic) bond motifs is 3. The van der Waals surface area contributed by atoms with Crippen molar-refractivity contribution in [3.63, 3.8) is 0 Å². The van der Waals surface area contributed by atoms with Crippen LogP contribution < -0.4 is 16.0 Å². The van der Waals surface area contributed by atoms with Gasteiger partial charge in [0.25, 0.3) is 0 Å². The summed E-state index contributed by atoms with van der Waals surface area (Å²) >= 11 is 0. The molecule has 3 amide bonds. The minimum absolute atomic E-state index is 0.000627. The van der Waals surface area contributed by atoms with Crippen LogP contribution in [0.25, 0.3) is 11.1 Å². The fourth-order valence-corrected chi connectivity index (χ4v) is 5.31. The number of benzene rings is 2. The van der Waals surface area contributed by atoms with E-state index in [9.17, 15) is 24.0 Å². The predicted molar refractivity (Wildman–Crippen MR) is 193 cm³/mol. The van der Waals surface area contributed by atoms with E-state index in [4.69, 9.17) is 33.2 Å². The summed E-state index contributed by atoms with van der Waals surface area (Å²) in [4.78, 5) is 61.4. The van der Waals surface area contributed by atoms with Gasteiger partial charge in [-0.15, -0.1) is 0 Å². The van der Waals surface area contributed by atoms with Crippen molar-refractivity contribution in [1.82, 2.24) is 16.0 Å². The van der Waals surface area contributed by atoms with Gasteiger partial charge in [-0.25, -0.2) is 14.4 Å². The highest BCUT2D eigenvalue weighted by Crippen LogP contribution is 2.44. The Hall–Kier alpha value is -4.57. The van der Waals surface area contributed by atoms with Gasteiger partial charge >= 0.3 is 18.0 Å². The molecule has 0 saturated heterocycles. The minimum Gasteiger partial charge on any atom is -0.464 e. The van der Waals surface area contributed by atoms with E-state index in [1.165, 1.54) is 0 Å². The van der Waals surface area contributed by atoms with Crippen LogP contribution in [0.3, 0.4) is 0 Å². The van der Waals surface area contributed by atoms with Crippen molar-refractivity contribution >= 4 is 29.8 Å². The number of carbonyl (C=O) groups excluding carboxylic acids is 5. The third kappa shape index (κ3) is 16.3. The molecule has 0 aliphatic heterocycles. The fraction of sp³-hybridized carbons (Fsp3) is 0.553. The van der Waals surface area contributed by atoms with E-state index in [0.29, 0.717) is 13.2 Å². The summed E-state index contributed by atoms with van der Waals surface area (Å²) in [5.41, 5.74) is 3.52.